The van der Waals surface area contributed by atoms with Gasteiger partial charge in [-0.1, -0.05) is 25.1 Å². The van der Waals surface area contributed by atoms with E-state index in [0.29, 0.717) is 12.1 Å². The fraction of sp³-hybridized carbons (Fsp3) is 0.571. The van der Waals surface area contributed by atoms with E-state index in [2.05, 4.69) is 62.8 Å². The minimum absolute atomic E-state index is 0.618. The number of fused-ring (bicyclic) bond motifs is 1. The van der Waals surface area contributed by atoms with Gasteiger partial charge in [-0.25, -0.2) is 0 Å². The van der Waals surface area contributed by atoms with Crippen LogP contribution in [0.1, 0.15) is 49.7 Å². The minimum Gasteiger partial charge on any atom is -0.298 e. The van der Waals surface area contributed by atoms with Gasteiger partial charge in [0.2, 0.25) is 0 Å². The standard InChI is InChI=1S/C21H31N3/c1-7-24(14(2)3)18-11-12-19-17(13-18)9-8-10-20(19)21-15(4)22-23(6)16(21)5/h8-10,14,18H,7,11-13H2,1-6H3. The van der Waals surface area contributed by atoms with E-state index in [4.69, 9.17) is 0 Å². The highest BCUT2D eigenvalue weighted by Crippen LogP contribution is 2.36. The lowest BCUT2D eigenvalue weighted by molar-refractivity contribution is 0.148. The molecule has 1 aromatic carbocycles. The van der Waals surface area contributed by atoms with E-state index in [1.165, 1.54) is 41.6 Å². The van der Waals surface area contributed by atoms with Crippen molar-refractivity contribution in [2.45, 2.75) is 66.0 Å². The molecule has 0 saturated heterocycles. The monoisotopic (exact) mass is 325 g/mol. The maximum absolute atomic E-state index is 4.62. The summed E-state index contributed by atoms with van der Waals surface area (Å²) in [5, 5.41) is 4.62. The van der Waals surface area contributed by atoms with Crippen LogP contribution in [0.25, 0.3) is 11.1 Å². The highest BCUT2D eigenvalue weighted by molar-refractivity contribution is 5.73. The molecule has 0 amide bonds. The third-order valence-corrected chi connectivity index (χ3v) is 5.73. The molecule has 2 aromatic rings. The highest BCUT2D eigenvalue weighted by atomic mass is 15.3. The number of likely N-dealkylation sites (N-methyl/N-ethyl adjacent to an activating group) is 1. The lowest BCUT2D eigenvalue weighted by Crippen LogP contribution is -2.43. The molecule has 0 saturated carbocycles. The van der Waals surface area contributed by atoms with Gasteiger partial charge in [-0.3, -0.25) is 9.58 Å². The Kier molecular flexibility index (Phi) is 4.82. The molecular formula is C21H31N3. The van der Waals surface area contributed by atoms with Gasteiger partial charge in [-0.2, -0.15) is 5.10 Å². The summed E-state index contributed by atoms with van der Waals surface area (Å²) in [4.78, 5) is 2.65. The quantitative estimate of drug-likeness (QED) is 0.836. The molecule has 0 radical (unpaired) electrons. The molecule has 1 heterocycles. The van der Waals surface area contributed by atoms with Gasteiger partial charge in [0.15, 0.2) is 0 Å². The first kappa shape index (κ1) is 17.2. The smallest absolute Gasteiger partial charge is 0.0674 e. The van der Waals surface area contributed by atoms with Crippen LogP contribution in [-0.2, 0) is 19.9 Å². The molecule has 0 spiro atoms. The summed E-state index contributed by atoms with van der Waals surface area (Å²) in [5.74, 6) is 0. The van der Waals surface area contributed by atoms with Crippen LogP contribution in [0.2, 0.25) is 0 Å². The molecule has 1 atom stereocenters. The number of nitrogens with zero attached hydrogens (tertiary/aromatic N) is 3. The van der Waals surface area contributed by atoms with Crippen molar-refractivity contribution in [2.24, 2.45) is 7.05 Å². The minimum atomic E-state index is 0.618. The van der Waals surface area contributed by atoms with Crippen molar-refractivity contribution in [3.8, 4) is 11.1 Å². The molecule has 1 aliphatic rings. The third kappa shape index (κ3) is 2.90. The average molecular weight is 326 g/mol. The SMILES string of the molecule is CCN(C(C)C)C1CCc2c(cccc2-c2c(C)nn(C)c2C)C1. The Labute approximate surface area is 146 Å². The van der Waals surface area contributed by atoms with Crippen molar-refractivity contribution in [1.29, 1.82) is 0 Å². The Morgan fingerprint density at radius 3 is 2.62 bits per heavy atom. The van der Waals surface area contributed by atoms with Gasteiger partial charge >= 0.3 is 0 Å². The van der Waals surface area contributed by atoms with Crippen molar-refractivity contribution in [1.82, 2.24) is 14.7 Å². The number of hydrogen-bond donors (Lipinski definition) is 0. The summed E-state index contributed by atoms with van der Waals surface area (Å²) >= 11 is 0. The molecule has 0 fully saturated rings. The second-order valence-electron chi connectivity index (χ2n) is 7.43. The van der Waals surface area contributed by atoms with Crippen LogP contribution in [-0.4, -0.2) is 33.3 Å². The van der Waals surface area contributed by atoms with E-state index < -0.39 is 0 Å². The summed E-state index contributed by atoms with van der Waals surface area (Å²) in [6.45, 7) is 12.4. The summed E-state index contributed by atoms with van der Waals surface area (Å²) in [6.07, 6.45) is 3.61. The average Bonchev–Trinajstić information content (AvgIpc) is 2.79. The lowest BCUT2D eigenvalue weighted by Gasteiger charge is -2.37. The molecule has 1 unspecified atom stereocenters. The van der Waals surface area contributed by atoms with Gasteiger partial charge in [-0.15, -0.1) is 0 Å². The van der Waals surface area contributed by atoms with Crippen molar-refractivity contribution in [3.05, 3.63) is 40.7 Å². The van der Waals surface area contributed by atoms with Crippen molar-refractivity contribution in [2.75, 3.05) is 6.54 Å². The van der Waals surface area contributed by atoms with Gasteiger partial charge in [0.05, 0.1) is 5.69 Å². The molecule has 0 aliphatic heterocycles. The van der Waals surface area contributed by atoms with Gasteiger partial charge in [0.1, 0.15) is 0 Å². The Morgan fingerprint density at radius 1 is 1.29 bits per heavy atom. The van der Waals surface area contributed by atoms with E-state index in [1.807, 2.05) is 11.7 Å². The number of rotatable bonds is 4. The molecule has 0 N–H and O–H groups in total. The zero-order valence-electron chi connectivity index (χ0n) is 16.1. The molecule has 3 heteroatoms. The van der Waals surface area contributed by atoms with Crippen LogP contribution in [0, 0.1) is 13.8 Å². The first-order chi connectivity index (χ1) is 11.4. The largest absolute Gasteiger partial charge is 0.298 e. The molecule has 130 valence electrons. The van der Waals surface area contributed by atoms with E-state index in [9.17, 15) is 0 Å². The van der Waals surface area contributed by atoms with Crippen LogP contribution < -0.4 is 0 Å². The maximum atomic E-state index is 4.62. The predicted octanol–water partition coefficient (Wildman–Crippen LogP) is 4.29. The van der Waals surface area contributed by atoms with Crippen LogP contribution in [0.3, 0.4) is 0 Å². The molecular weight excluding hydrogens is 294 g/mol. The maximum Gasteiger partial charge on any atom is 0.0674 e. The second-order valence-corrected chi connectivity index (χ2v) is 7.43. The number of aromatic nitrogens is 2. The van der Waals surface area contributed by atoms with Crippen LogP contribution in [0.15, 0.2) is 18.2 Å². The molecule has 0 bridgehead atoms. The van der Waals surface area contributed by atoms with Gasteiger partial charge in [0, 0.05) is 30.4 Å². The van der Waals surface area contributed by atoms with Crippen molar-refractivity contribution in [3.63, 3.8) is 0 Å². The topological polar surface area (TPSA) is 21.1 Å². The van der Waals surface area contributed by atoms with E-state index in [-0.39, 0.29) is 0 Å². The normalized spacial score (nSPS) is 17.6. The molecule has 1 aromatic heterocycles. The third-order valence-electron chi connectivity index (χ3n) is 5.73. The fourth-order valence-electron chi connectivity index (χ4n) is 4.51. The lowest BCUT2D eigenvalue weighted by atomic mass is 9.82. The Hall–Kier alpha value is -1.61. The van der Waals surface area contributed by atoms with Crippen LogP contribution in [0.4, 0.5) is 0 Å². The van der Waals surface area contributed by atoms with Gasteiger partial charge < -0.3 is 0 Å². The van der Waals surface area contributed by atoms with Crippen molar-refractivity contribution < 1.29 is 0 Å². The zero-order chi connectivity index (χ0) is 17.4. The Balaban J connectivity index is 1.99. The van der Waals surface area contributed by atoms with E-state index >= 15 is 0 Å². The van der Waals surface area contributed by atoms with E-state index in [1.54, 1.807) is 5.56 Å². The summed E-state index contributed by atoms with van der Waals surface area (Å²) in [5.41, 5.74) is 8.23. The number of hydrogen-bond acceptors (Lipinski definition) is 2. The van der Waals surface area contributed by atoms with Crippen LogP contribution >= 0.6 is 0 Å². The molecule has 3 nitrogen and oxygen atoms in total. The second kappa shape index (κ2) is 6.72. The van der Waals surface area contributed by atoms with Gasteiger partial charge in [-0.05, 0) is 70.2 Å². The molecule has 1 aliphatic carbocycles. The summed E-state index contributed by atoms with van der Waals surface area (Å²) in [7, 11) is 2.04. The first-order valence-corrected chi connectivity index (χ1v) is 9.31. The first-order valence-electron chi connectivity index (χ1n) is 9.31. The van der Waals surface area contributed by atoms with Crippen molar-refractivity contribution >= 4 is 0 Å². The fourth-order valence-corrected chi connectivity index (χ4v) is 4.51. The van der Waals surface area contributed by atoms with Crippen LogP contribution in [0.5, 0.6) is 0 Å². The molecule has 3 rings (SSSR count). The zero-order valence-corrected chi connectivity index (χ0v) is 16.1. The summed E-state index contributed by atoms with van der Waals surface area (Å²) in [6, 6.07) is 8.14. The molecule has 24 heavy (non-hydrogen) atoms. The van der Waals surface area contributed by atoms with Gasteiger partial charge in [0.25, 0.3) is 0 Å². The number of benzene rings is 1. The number of aryl methyl sites for hydroxylation is 2. The predicted molar refractivity (Wildman–Crippen MR) is 101 cm³/mol. The Morgan fingerprint density at radius 2 is 2.04 bits per heavy atom. The highest BCUT2D eigenvalue weighted by Gasteiger charge is 2.27. The summed E-state index contributed by atoms with van der Waals surface area (Å²) < 4.78 is 2.01. The Bertz CT molecular complexity index is 727. The van der Waals surface area contributed by atoms with E-state index in [0.717, 1.165) is 12.2 Å².